The van der Waals surface area contributed by atoms with Gasteiger partial charge in [-0.3, -0.25) is 9.59 Å². The fourth-order valence-electron chi connectivity index (χ4n) is 9.01. The average Bonchev–Trinajstić information content (AvgIpc) is 2.69. The number of hydrogen-bond acceptors (Lipinski definition) is 4. The zero-order chi connectivity index (χ0) is 22.0. The lowest BCUT2D eigenvalue weighted by molar-refractivity contribution is -0.559. The second-order valence-electron chi connectivity index (χ2n) is 11.5. The van der Waals surface area contributed by atoms with Gasteiger partial charge in [0.05, 0.1) is 5.41 Å². The van der Waals surface area contributed by atoms with E-state index in [1.54, 1.807) is 6.92 Å². The van der Waals surface area contributed by atoms with Gasteiger partial charge in [0.15, 0.2) is 6.54 Å². The summed E-state index contributed by atoms with van der Waals surface area (Å²) >= 11 is 0. The van der Waals surface area contributed by atoms with Gasteiger partial charge in [-0.05, 0) is 68.3 Å². The Morgan fingerprint density at radius 1 is 1.13 bits per heavy atom. The van der Waals surface area contributed by atoms with Crippen molar-refractivity contribution in [3.8, 4) is 0 Å². The number of carbonyl (C=O) groups excluding carboxylic acids is 2. The average molecular weight is 429 g/mol. The molecule has 1 spiro atoms. The number of rotatable bonds is 4. The Bertz CT molecular complexity index is 848. The molecule has 5 nitrogen and oxygen atoms in total. The molecule has 5 aliphatic carbocycles. The predicted molar refractivity (Wildman–Crippen MR) is 118 cm³/mol. The van der Waals surface area contributed by atoms with Crippen LogP contribution in [0.25, 0.3) is 0 Å². The molecule has 0 amide bonds. The third kappa shape index (κ3) is 3.05. The number of ether oxygens (including phenoxy) is 2. The standard InChI is InChI=1S/C26H38NO4/c1-17-20-6-10-25(23(17)31-19(3)29)11-7-21-24(4)8-5-9-26(21,22(25)14-20)16-27(15-24)12-13-30-18(2)28/h16,20-23H,1,5-15H2,2-4H3/q+1/t20?,21-,22-,23-,24+,25+,26+/m1/s1. The first-order valence-corrected chi connectivity index (χ1v) is 12.3. The minimum atomic E-state index is -0.205. The summed E-state index contributed by atoms with van der Waals surface area (Å²) in [6, 6.07) is 0. The number of fused-ring (bicyclic) bond motifs is 2. The molecule has 31 heavy (non-hydrogen) atoms. The molecular formula is C26H38NO4+. The highest BCUT2D eigenvalue weighted by Gasteiger charge is 2.71. The number of hydrogen-bond donors (Lipinski definition) is 0. The van der Waals surface area contributed by atoms with E-state index in [-0.39, 0.29) is 28.9 Å². The van der Waals surface area contributed by atoms with E-state index in [4.69, 9.17) is 9.47 Å². The second kappa shape index (κ2) is 7.18. The minimum Gasteiger partial charge on any atom is -0.459 e. The van der Waals surface area contributed by atoms with Gasteiger partial charge in [-0.1, -0.05) is 19.9 Å². The van der Waals surface area contributed by atoms with Gasteiger partial charge in [-0.2, -0.15) is 0 Å². The summed E-state index contributed by atoms with van der Waals surface area (Å²) in [5.74, 6) is 1.34. The van der Waals surface area contributed by atoms with Gasteiger partial charge in [-0.15, -0.1) is 0 Å². The van der Waals surface area contributed by atoms with Crippen LogP contribution in [0.5, 0.6) is 0 Å². The largest absolute Gasteiger partial charge is 0.459 e. The van der Waals surface area contributed by atoms with E-state index in [2.05, 4.69) is 24.3 Å². The van der Waals surface area contributed by atoms with Gasteiger partial charge in [0, 0.05) is 24.7 Å². The Hall–Kier alpha value is -1.65. The Balaban J connectivity index is 1.55. The highest BCUT2D eigenvalue weighted by atomic mass is 16.5. The highest BCUT2D eigenvalue weighted by Crippen LogP contribution is 2.72. The van der Waals surface area contributed by atoms with Crippen LogP contribution in [0.15, 0.2) is 12.2 Å². The van der Waals surface area contributed by atoms with Crippen molar-refractivity contribution in [1.82, 2.24) is 0 Å². The maximum absolute atomic E-state index is 12.1. The van der Waals surface area contributed by atoms with Crippen molar-refractivity contribution >= 4 is 18.2 Å². The molecule has 7 atom stereocenters. The Kier molecular flexibility index (Phi) is 4.91. The maximum Gasteiger partial charge on any atom is 0.303 e. The van der Waals surface area contributed by atoms with Gasteiger partial charge in [0.25, 0.3) is 0 Å². The number of carbonyl (C=O) groups is 2. The molecule has 1 heterocycles. The van der Waals surface area contributed by atoms with E-state index in [0.717, 1.165) is 25.9 Å². The molecular weight excluding hydrogens is 390 g/mol. The highest BCUT2D eigenvalue weighted by molar-refractivity contribution is 5.68. The van der Waals surface area contributed by atoms with Crippen molar-refractivity contribution < 1.29 is 23.6 Å². The molecule has 0 N–H and O–H groups in total. The quantitative estimate of drug-likeness (QED) is 0.384. The fourth-order valence-corrected chi connectivity index (χ4v) is 9.01. The SMILES string of the molecule is C=C1C2CC[C@@]3(CC[C@@H]4[C@@]5(C)CCC[C@@]4(C=[N+](CCOC(C)=O)C5)[C@@H]3C2)[C@@H]1OC(C)=O. The second-order valence-corrected chi connectivity index (χ2v) is 11.5. The zero-order valence-electron chi connectivity index (χ0n) is 19.5. The molecule has 5 heteroatoms. The topological polar surface area (TPSA) is 55.6 Å². The first-order valence-electron chi connectivity index (χ1n) is 12.3. The van der Waals surface area contributed by atoms with E-state index < -0.39 is 0 Å². The van der Waals surface area contributed by atoms with E-state index in [1.807, 2.05) is 0 Å². The van der Waals surface area contributed by atoms with Gasteiger partial charge >= 0.3 is 11.9 Å². The number of nitrogens with zero attached hydrogens (tertiary/aromatic N) is 1. The molecule has 1 aliphatic heterocycles. The molecule has 0 saturated heterocycles. The monoisotopic (exact) mass is 428 g/mol. The van der Waals surface area contributed by atoms with Crippen molar-refractivity contribution in [2.45, 2.75) is 78.2 Å². The van der Waals surface area contributed by atoms with Crippen molar-refractivity contribution in [1.29, 1.82) is 0 Å². The smallest absolute Gasteiger partial charge is 0.303 e. The first kappa shape index (κ1) is 21.2. The summed E-state index contributed by atoms with van der Waals surface area (Å²) in [4.78, 5) is 23.4. The molecule has 5 fully saturated rings. The van der Waals surface area contributed by atoms with Crippen LogP contribution in [-0.4, -0.2) is 48.5 Å². The van der Waals surface area contributed by atoms with Gasteiger partial charge in [0.2, 0.25) is 0 Å². The number of esters is 2. The Morgan fingerprint density at radius 2 is 1.90 bits per heavy atom. The summed E-state index contributed by atoms with van der Waals surface area (Å²) in [6.07, 6.45) is 12.2. The molecule has 6 aliphatic rings. The third-order valence-corrected chi connectivity index (χ3v) is 9.91. The molecule has 0 radical (unpaired) electrons. The third-order valence-electron chi connectivity index (χ3n) is 9.91. The molecule has 0 aromatic carbocycles. The van der Waals surface area contributed by atoms with E-state index >= 15 is 0 Å². The van der Waals surface area contributed by atoms with Crippen molar-refractivity contribution in [2.24, 2.45) is 34.0 Å². The molecule has 6 rings (SSSR count). The Morgan fingerprint density at radius 3 is 2.65 bits per heavy atom. The van der Waals surface area contributed by atoms with Crippen LogP contribution in [0, 0.1) is 34.0 Å². The van der Waals surface area contributed by atoms with Gasteiger partial charge in [0.1, 0.15) is 25.5 Å². The van der Waals surface area contributed by atoms with Crippen LogP contribution in [-0.2, 0) is 19.1 Å². The first-order chi connectivity index (χ1) is 14.7. The van der Waals surface area contributed by atoms with Crippen LogP contribution >= 0.6 is 0 Å². The lowest BCUT2D eigenvalue weighted by Gasteiger charge is -2.69. The molecule has 1 unspecified atom stereocenters. The minimum absolute atomic E-state index is 0.0433. The summed E-state index contributed by atoms with van der Waals surface area (Å²) < 4.78 is 13.8. The van der Waals surface area contributed by atoms with Gasteiger partial charge in [-0.25, -0.2) is 4.58 Å². The molecule has 0 aromatic heterocycles. The summed E-state index contributed by atoms with van der Waals surface area (Å²) in [5, 5.41) is 0. The lowest BCUT2D eigenvalue weighted by Crippen LogP contribution is -2.69. The van der Waals surface area contributed by atoms with Crippen molar-refractivity contribution in [3.63, 3.8) is 0 Å². The zero-order valence-corrected chi connectivity index (χ0v) is 19.5. The van der Waals surface area contributed by atoms with E-state index in [1.165, 1.54) is 51.0 Å². The van der Waals surface area contributed by atoms with Crippen LogP contribution in [0.2, 0.25) is 0 Å². The fraction of sp³-hybridized carbons (Fsp3) is 0.808. The molecule has 5 saturated carbocycles. The summed E-state index contributed by atoms with van der Waals surface area (Å²) in [6.45, 7) is 12.2. The molecule has 170 valence electrons. The van der Waals surface area contributed by atoms with Gasteiger partial charge < -0.3 is 9.47 Å². The Labute approximate surface area is 186 Å². The van der Waals surface area contributed by atoms with Crippen LogP contribution < -0.4 is 0 Å². The van der Waals surface area contributed by atoms with Crippen LogP contribution in [0.3, 0.4) is 0 Å². The van der Waals surface area contributed by atoms with Crippen LogP contribution in [0.4, 0.5) is 0 Å². The summed E-state index contributed by atoms with van der Waals surface area (Å²) in [5.41, 5.74) is 1.68. The van der Waals surface area contributed by atoms with E-state index in [0.29, 0.717) is 29.8 Å². The summed E-state index contributed by atoms with van der Waals surface area (Å²) in [7, 11) is 0. The normalized spacial score (nSPS) is 45.3. The van der Waals surface area contributed by atoms with Crippen LogP contribution in [0.1, 0.15) is 72.1 Å². The van der Waals surface area contributed by atoms with E-state index in [9.17, 15) is 9.59 Å². The maximum atomic E-state index is 12.1. The predicted octanol–water partition coefficient (Wildman–Crippen LogP) is 4.14. The van der Waals surface area contributed by atoms with Crippen molar-refractivity contribution in [3.05, 3.63) is 12.2 Å². The van der Waals surface area contributed by atoms with Crippen molar-refractivity contribution in [2.75, 3.05) is 19.7 Å². The molecule has 4 bridgehead atoms. The molecule has 0 aromatic rings. The lowest BCUT2D eigenvalue weighted by atomic mass is 9.35.